The average Bonchev–Trinajstić information content (AvgIpc) is 3.17. The Hall–Kier alpha value is -2.81. The Morgan fingerprint density at radius 2 is 1.65 bits per heavy atom. The Kier molecular flexibility index (Phi) is 4.61. The number of fused-ring (bicyclic) bond motifs is 1. The number of hydrogen-bond acceptors (Lipinski definition) is 1. The van der Waals surface area contributed by atoms with E-state index < -0.39 is 0 Å². The fraction of sp³-hybridized carbons (Fsp3) is 0.261. The normalized spacial score (nSPS) is 17.6. The summed E-state index contributed by atoms with van der Waals surface area (Å²) in [5.41, 5.74) is 3.59. The Morgan fingerprint density at radius 3 is 2.38 bits per heavy atom. The minimum absolute atomic E-state index is 0.00424. The average molecular weight is 344 g/mol. The van der Waals surface area contributed by atoms with Crippen molar-refractivity contribution < 1.29 is 4.79 Å². The third-order valence-electron chi connectivity index (χ3n) is 5.32. The number of rotatable bonds is 4. The van der Waals surface area contributed by atoms with Crippen molar-refractivity contribution in [2.24, 2.45) is 0 Å². The van der Waals surface area contributed by atoms with Gasteiger partial charge in [-0.25, -0.2) is 0 Å². The molecule has 1 aromatic heterocycles. The van der Waals surface area contributed by atoms with Gasteiger partial charge in [0, 0.05) is 31.4 Å². The molecule has 0 radical (unpaired) electrons. The molecule has 132 valence electrons. The zero-order chi connectivity index (χ0) is 17.9. The van der Waals surface area contributed by atoms with Gasteiger partial charge >= 0.3 is 0 Å². The molecule has 0 N–H and O–H groups in total. The van der Waals surface area contributed by atoms with Gasteiger partial charge in [-0.3, -0.25) is 4.79 Å². The van der Waals surface area contributed by atoms with Crippen LogP contribution in [0.4, 0.5) is 0 Å². The summed E-state index contributed by atoms with van der Waals surface area (Å²) in [4.78, 5) is 15.3. The lowest BCUT2D eigenvalue weighted by atomic mass is 9.95. The maximum atomic E-state index is 13.2. The second-order valence-corrected chi connectivity index (χ2v) is 7.04. The number of aromatic nitrogens is 1. The number of benzene rings is 2. The molecular formula is C23H24N2O. The molecule has 3 nitrogen and oxygen atoms in total. The standard InChI is InChI=1S/C23H24N2O/c1-18(19-9-4-2-5-10-19)17-22(26)25-16-15-24-14-8-13-21(24)23(25)20-11-6-3-7-12-20/h2-14,18,23H,15-17H2,1H3. The molecule has 0 saturated heterocycles. The van der Waals surface area contributed by atoms with Gasteiger partial charge in [0.15, 0.2) is 0 Å². The lowest BCUT2D eigenvalue weighted by Crippen LogP contribution is -2.42. The summed E-state index contributed by atoms with van der Waals surface area (Å²) in [7, 11) is 0. The van der Waals surface area contributed by atoms with E-state index in [1.165, 1.54) is 16.8 Å². The van der Waals surface area contributed by atoms with Gasteiger partial charge in [0.1, 0.15) is 0 Å². The van der Waals surface area contributed by atoms with Crippen LogP contribution in [0.3, 0.4) is 0 Å². The molecular weight excluding hydrogens is 320 g/mol. The number of hydrogen-bond donors (Lipinski definition) is 0. The lowest BCUT2D eigenvalue weighted by molar-refractivity contribution is -0.134. The third-order valence-corrected chi connectivity index (χ3v) is 5.32. The molecule has 2 unspecified atom stereocenters. The van der Waals surface area contributed by atoms with E-state index >= 15 is 0 Å². The summed E-state index contributed by atoms with van der Waals surface area (Å²) < 4.78 is 2.27. The first-order chi connectivity index (χ1) is 12.7. The molecule has 0 saturated carbocycles. The molecule has 4 rings (SSSR count). The van der Waals surface area contributed by atoms with E-state index in [0.717, 1.165) is 13.1 Å². The van der Waals surface area contributed by atoms with E-state index in [4.69, 9.17) is 0 Å². The van der Waals surface area contributed by atoms with Crippen LogP contribution in [0.15, 0.2) is 79.0 Å². The number of nitrogens with zero attached hydrogens (tertiary/aromatic N) is 2. The predicted molar refractivity (Wildman–Crippen MR) is 104 cm³/mol. The molecule has 1 amide bonds. The van der Waals surface area contributed by atoms with Crippen molar-refractivity contribution >= 4 is 5.91 Å². The monoisotopic (exact) mass is 344 g/mol. The van der Waals surface area contributed by atoms with Gasteiger partial charge in [0.2, 0.25) is 5.91 Å². The van der Waals surface area contributed by atoms with Gasteiger partial charge in [-0.15, -0.1) is 0 Å². The summed E-state index contributed by atoms with van der Waals surface area (Å²) in [6.45, 7) is 3.75. The van der Waals surface area contributed by atoms with Crippen molar-refractivity contribution in [1.82, 2.24) is 9.47 Å². The van der Waals surface area contributed by atoms with Crippen LogP contribution in [0.25, 0.3) is 0 Å². The number of carbonyl (C=O) groups is 1. The summed E-state index contributed by atoms with van der Waals surface area (Å²) in [6, 6.07) is 24.9. The highest BCUT2D eigenvalue weighted by molar-refractivity contribution is 5.78. The molecule has 1 aliphatic heterocycles. The van der Waals surface area contributed by atoms with Gasteiger partial charge in [-0.2, -0.15) is 0 Å². The molecule has 2 aromatic carbocycles. The molecule has 3 heteroatoms. The first-order valence-corrected chi connectivity index (χ1v) is 9.28. The summed E-state index contributed by atoms with van der Waals surface area (Å²) in [5, 5.41) is 0. The van der Waals surface area contributed by atoms with Crippen LogP contribution in [0.1, 0.15) is 42.1 Å². The maximum absolute atomic E-state index is 13.2. The van der Waals surface area contributed by atoms with Crippen molar-refractivity contribution in [2.75, 3.05) is 6.54 Å². The fourth-order valence-electron chi connectivity index (χ4n) is 3.92. The van der Waals surface area contributed by atoms with Crippen LogP contribution < -0.4 is 0 Å². The van der Waals surface area contributed by atoms with E-state index in [2.05, 4.69) is 59.0 Å². The smallest absolute Gasteiger partial charge is 0.224 e. The van der Waals surface area contributed by atoms with Gasteiger partial charge in [-0.1, -0.05) is 67.6 Å². The molecule has 0 spiro atoms. The van der Waals surface area contributed by atoms with E-state index in [9.17, 15) is 4.79 Å². The van der Waals surface area contributed by atoms with Gasteiger partial charge in [0.25, 0.3) is 0 Å². The largest absolute Gasteiger partial charge is 0.348 e. The van der Waals surface area contributed by atoms with Crippen molar-refractivity contribution in [1.29, 1.82) is 0 Å². The van der Waals surface area contributed by atoms with Gasteiger partial charge in [-0.05, 0) is 29.2 Å². The zero-order valence-electron chi connectivity index (χ0n) is 15.1. The predicted octanol–water partition coefficient (Wildman–Crippen LogP) is 4.61. The van der Waals surface area contributed by atoms with Gasteiger partial charge in [0.05, 0.1) is 6.04 Å². The van der Waals surface area contributed by atoms with Crippen LogP contribution in [-0.4, -0.2) is 21.9 Å². The molecule has 0 fully saturated rings. The van der Waals surface area contributed by atoms with Crippen LogP contribution in [-0.2, 0) is 11.3 Å². The second kappa shape index (κ2) is 7.20. The summed E-state index contributed by atoms with van der Waals surface area (Å²) >= 11 is 0. The molecule has 2 atom stereocenters. The Labute approximate surface area is 154 Å². The molecule has 2 heterocycles. The highest BCUT2D eigenvalue weighted by atomic mass is 16.2. The van der Waals surface area contributed by atoms with Crippen molar-refractivity contribution in [3.63, 3.8) is 0 Å². The molecule has 0 bridgehead atoms. The van der Waals surface area contributed by atoms with Crippen molar-refractivity contribution in [3.05, 3.63) is 95.8 Å². The van der Waals surface area contributed by atoms with Crippen LogP contribution in [0.5, 0.6) is 0 Å². The first-order valence-electron chi connectivity index (χ1n) is 9.28. The Bertz CT molecular complexity index is 869. The van der Waals surface area contributed by atoms with E-state index in [1.807, 2.05) is 36.4 Å². The molecule has 1 aliphatic rings. The highest BCUT2D eigenvalue weighted by Crippen LogP contribution is 2.33. The molecule has 0 aliphatic carbocycles. The molecule has 26 heavy (non-hydrogen) atoms. The Balaban J connectivity index is 1.61. The van der Waals surface area contributed by atoms with Gasteiger partial charge < -0.3 is 9.47 Å². The second-order valence-electron chi connectivity index (χ2n) is 7.04. The first kappa shape index (κ1) is 16.6. The lowest BCUT2D eigenvalue weighted by Gasteiger charge is -2.38. The zero-order valence-corrected chi connectivity index (χ0v) is 15.1. The SMILES string of the molecule is CC(CC(=O)N1CCn2cccc2C1c1ccccc1)c1ccccc1. The minimum atomic E-state index is -0.00424. The van der Waals surface area contributed by atoms with E-state index in [0.29, 0.717) is 6.42 Å². The van der Waals surface area contributed by atoms with E-state index in [1.54, 1.807) is 0 Å². The maximum Gasteiger partial charge on any atom is 0.224 e. The fourth-order valence-corrected chi connectivity index (χ4v) is 3.92. The minimum Gasteiger partial charge on any atom is -0.348 e. The van der Waals surface area contributed by atoms with Crippen molar-refractivity contribution in [3.8, 4) is 0 Å². The number of carbonyl (C=O) groups excluding carboxylic acids is 1. The van der Waals surface area contributed by atoms with E-state index in [-0.39, 0.29) is 17.9 Å². The number of amides is 1. The topological polar surface area (TPSA) is 25.2 Å². The van der Waals surface area contributed by atoms with Crippen LogP contribution in [0.2, 0.25) is 0 Å². The van der Waals surface area contributed by atoms with Crippen molar-refractivity contribution in [2.45, 2.75) is 31.8 Å². The highest BCUT2D eigenvalue weighted by Gasteiger charge is 2.32. The quantitative estimate of drug-likeness (QED) is 0.678. The van der Waals surface area contributed by atoms with Crippen LogP contribution >= 0.6 is 0 Å². The molecule has 3 aromatic rings. The Morgan fingerprint density at radius 1 is 0.962 bits per heavy atom. The van der Waals surface area contributed by atoms with Crippen LogP contribution in [0, 0.1) is 0 Å². The third kappa shape index (κ3) is 3.17. The summed E-state index contributed by atoms with van der Waals surface area (Å²) in [5.74, 6) is 0.441. The summed E-state index contributed by atoms with van der Waals surface area (Å²) in [6.07, 6.45) is 2.65.